The van der Waals surface area contributed by atoms with Crippen molar-refractivity contribution in [2.75, 3.05) is 6.54 Å². The Balaban J connectivity index is 3.17. The van der Waals surface area contributed by atoms with E-state index in [-0.39, 0.29) is 11.9 Å². The maximum atomic E-state index is 11.2. The van der Waals surface area contributed by atoms with Crippen LogP contribution in [-0.4, -0.2) is 18.5 Å². The molecule has 0 unspecified atom stereocenters. The summed E-state index contributed by atoms with van der Waals surface area (Å²) in [5.74, 6) is 0.169. The Morgan fingerprint density at radius 1 is 1.23 bits per heavy atom. The third-order valence-corrected chi connectivity index (χ3v) is 1.81. The Bertz CT molecular complexity index is 135. The highest BCUT2D eigenvalue weighted by Crippen LogP contribution is 2.01. The van der Waals surface area contributed by atoms with Crippen LogP contribution in [0.5, 0.6) is 0 Å². The van der Waals surface area contributed by atoms with Crippen molar-refractivity contribution in [1.82, 2.24) is 5.32 Å². The van der Waals surface area contributed by atoms with Crippen LogP contribution in [0.4, 0.5) is 0 Å². The molecule has 0 rings (SSSR count). The predicted molar refractivity (Wildman–Crippen MR) is 55.4 cm³/mol. The number of amides is 1. The van der Waals surface area contributed by atoms with E-state index < -0.39 is 0 Å². The maximum absolute atomic E-state index is 11.2. The van der Waals surface area contributed by atoms with E-state index in [1.165, 1.54) is 0 Å². The van der Waals surface area contributed by atoms with Crippen molar-refractivity contribution < 1.29 is 4.79 Å². The first-order chi connectivity index (χ1) is 6.16. The number of unbranched alkanes of at least 4 members (excludes halogenated alkanes) is 3. The molecular formula is C10H22N2O. The lowest BCUT2D eigenvalue weighted by Gasteiger charge is -2.07. The Morgan fingerprint density at radius 2 is 1.85 bits per heavy atom. The zero-order valence-electron chi connectivity index (χ0n) is 8.81. The van der Waals surface area contributed by atoms with Crippen molar-refractivity contribution in [1.29, 1.82) is 0 Å². The number of carbonyl (C=O) groups is 1. The minimum absolute atomic E-state index is 0.169. The normalized spacial score (nSPS) is 10.5. The molecular weight excluding hydrogens is 164 g/mol. The van der Waals surface area contributed by atoms with Gasteiger partial charge in [0.2, 0.25) is 5.91 Å². The minimum Gasteiger partial charge on any atom is -0.354 e. The second kappa shape index (κ2) is 8.05. The molecule has 3 N–H and O–H groups in total. The molecule has 1 amide bonds. The van der Waals surface area contributed by atoms with Crippen LogP contribution < -0.4 is 11.1 Å². The third-order valence-electron chi connectivity index (χ3n) is 1.81. The van der Waals surface area contributed by atoms with Gasteiger partial charge >= 0.3 is 0 Å². The molecule has 3 heteroatoms. The van der Waals surface area contributed by atoms with Crippen molar-refractivity contribution >= 4 is 5.91 Å². The maximum Gasteiger partial charge on any atom is 0.220 e. The molecule has 3 nitrogen and oxygen atoms in total. The summed E-state index contributed by atoms with van der Waals surface area (Å²) in [5, 5.41) is 2.87. The Kier molecular flexibility index (Phi) is 7.69. The van der Waals surface area contributed by atoms with E-state index in [2.05, 4.69) is 5.32 Å². The molecule has 0 saturated heterocycles. The largest absolute Gasteiger partial charge is 0.354 e. The van der Waals surface area contributed by atoms with E-state index in [0.29, 0.717) is 6.42 Å². The summed E-state index contributed by atoms with van der Waals surface area (Å²) in [6.07, 6.45) is 4.97. The van der Waals surface area contributed by atoms with Gasteiger partial charge in [0.25, 0.3) is 0 Å². The molecule has 0 spiro atoms. The van der Waals surface area contributed by atoms with E-state index in [1.54, 1.807) is 0 Å². The first kappa shape index (κ1) is 12.4. The number of nitrogens with one attached hydrogen (secondary N) is 1. The Morgan fingerprint density at radius 3 is 2.38 bits per heavy atom. The summed E-state index contributed by atoms with van der Waals surface area (Å²) >= 11 is 0. The number of nitrogens with two attached hydrogens (primary N) is 1. The van der Waals surface area contributed by atoms with Gasteiger partial charge in [0.05, 0.1) is 0 Å². The molecule has 0 aromatic rings. The summed E-state index contributed by atoms with van der Waals surface area (Å²) in [6, 6.07) is 0.261. The molecule has 0 saturated carbocycles. The average molecular weight is 186 g/mol. The molecule has 0 aliphatic rings. The van der Waals surface area contributed by atoms with Crippen LogP contribution in [0, 0.1) is 0 Å². The van der Waals surface area contributed by atoms with E-state index in [0.717, 1.165) is 32.2 Å². The van der Waals surface area contributed by atoms with Gasteiger partial charge in [-0.25, -0.2) is 0 Å². The third kappa shape index (κ3) is 9.34. The van der Waals surface area contributed by atoms with E-state index in [4.69, 9.17) is 5.73 Å². The predicted octanol–water partition coefficient (Wildman–Crippen LogP) is 1.42. The fraction of sp³-hybridized carbons (Fsp3) is 0.900. The molecule has 0 aromatic heterocycles. The number of carbonyl (C=O) groups excluding carboxylic acids is 1. The van der Waals surface area contributed by atoms with Crippen LogP contribution in [0.25, 0.3) is 0 Å². The van der Waals surface area contributed by atoms with Crippen LogP contribution in [0.15, 0.2) is 0 Å². The van der Waals surface area contributed by atoms with Crippen LogP contribution in [-0.2, 0) is 4.79 Å². The van der Waals surface area contributed by atoms with Crippen molar-refractivity contribution in [2.45, 2.75) is 52.0 Å². The van der Waals surface area contributed by atoms with Crippen molar-refractivity contribution in [3.63, 3.8) is 0 Å². The standard InChI is InChI=1S/C10H22N2O/c1-9(2)12-10(13)7-5-3-4-6-8-11/h9H,3-8,11H2,1-2H3,(H,12,13). The zero-order valence-corrected chi connectivity index (χ0v) is 8.81. The molecule has 0 atom stereocenters. The molecule has 0 aromatic carbocycles. The van der Waals surface area contributed by atoms with Crippen LogP contribution in [0.3, 0.4) is 0 Å². The quantitative estimate of drug-likeness (QED) is 0.591. The number of rotatable bonds is 7. The van der Waals surface area contributed by atoms with Crippen molar-refractivity contribution in [3.8, 4) is 0 Å². The van der Waals surface area contributed by atoms with Gasteiger partial charge in [0.15, 0.2) is 0 Å². The molecule has 0 fully saturated rings. The van der Waals surface area contributed by atoms with E-state index in [9.17, 15) is 4.79 Å². The van der Waals surface area contributed by atoms with E-state index >= 15 is 0 Å². The average Bonchev–Trinajstić information content (AvgIpc) is 2.02. The number of hydrogen-bond donors (Lipinski definition) is 2. The van der Waals surface area contributed by atoms with Crippen LogP contribution in [0.2, 0.25) is 0 Å². The SMILES string of the molecule is CC(C)NC(=O)CCCCCCN. The van der Waals surface area contributed by atoms with Gasteiger partial charge in [-0.2, -0.15) is 0 Å². The van der Waals surface area contributed by atoms with E-state index in [1.807, 2.05) is 13.8 Å². The summed E-state index contributed by atoms with van der Waals surface area (Å²) in [7, 11) is 0. The summed E-state index contributed by atoms with van der Waals surface area (Å²) < 4.78 is 0. The fourth-order valence-electron chi connectivity index (χ4n) is 1.18. The summed E-state index contributed by atoms with van der Waals surface area (Å²) in [4.78, 5) is 11.2. The molecule has 0 heterocycles. The van der Waals surface area contributed by atoms with Gasteiger partial charge in [0, 0.05) is 12.5 Å². The summed E-state index contributed by atoms with van der Waals surface area (Å²) in [6.45, 7) is 4.72. The van der Waals surface area contributed by atoms with Crippen molar-refractivity contribution in [3.05, 3.63) is 0 Å². The van der Waals surface area contributed by atoms with Crippen molar-refractivity contribution in [2.24, 2.45) is 5.73 Å². The number of hydrogen-bond acceptors (Lipinski definition) is 2. The molecule has 0 radical (unpaired) electrons. The van der Waals surface area contributed by atoms with Gasteiger partial charge in [-0.15, -0.1) is 0 Å². The van der Waals surface area contributed by atoms with Gasteiger partial charge in [-0.1, -0.05) is 12.8 Å². The smallest absolute Gasteiger partial charge is 0.220 e. The highest BCUT2D eigenvalue weighted by atomic mass is 16.1. The topological polar surface area (TPSA) is 55.1 Å². The van der Waals surface area contributed by atoms with Gasteiger partial charge in [-0.3, -0.25) is 4.79 Å². The lowest BCUT2D eigenvalue weighted by atomic mass is 10.1. The molecule has 0 bridgehead atoms. The summed E-state index contributed by atoms with van der Waals surface area (Å²) in [5.41, 5.74) is 5.36. The molecule has 78 valence electrons. The fourth-order valence-corrected chi connectivity index (χ4v) is 1.18. The van der Waals surface area contributed by atoms with Crippen LogP contribution in [0.1, 0.15) is 46.0 Å². The second-order valence-corrected chi connectivity index (χ2v) is 3.68. The Hall–Kier alpha value is -0.570. The first-order valence-corrected chi connectivity index (χ1v) is 5.16. The van der Waals surface area contributed by atoms with Crippen LogP contribution >= 0.6 is 0 Å². The van der Waals surface area contributed by atoms with Gasteiger partial charge in [0.1, 0.15) is 0 Å². The first-order valence-electron chi connectivity index (χ1n) is 5.16. The van der Waals surface area contributed by atoms with Gasteiger partial charge < -0.3 is 11.1 Å². The minimum atomic E-state index is 0.169. The van der Waals surface area contributed by atoms with Gasteiger partial charge in [-0.05, 0) is 33.2 Å². The monoisotopic (exact) mass is 186 g/mol. The lowest BCUT2D eigenvalue weighted by Crippen LogP contribution is -2.29. The molecule has 0 aliphatic heterocycles. The molecule has 0 aliphatic carbocycles. The Labute approximate surface area is 81.1 Å². The molecule has 13 heavy (non-hydrogen) atoms. The lowest BCUT2D eigenvalue weighted by molar-refractivity contribution is -0.121. The highest BCUT2D eigenvalue weighted by Gasteiger charge is 2.01. The zero-order chi connectivity index (χ0) is 10.1. The highest BCUT2D eigenvalue weighted by molar-refractivity contribution is 5.76. The second-order valence-electron chi connectivity index (χ2n) is 3.68.